The van der Waals surface area contributed by atoms with Crippen molar-refractivity contribution in [1.29, 1.82) is 0 Å². The van der Waals surface area contributed by atoms with Gasteiger partial charge in [-0.05, 0) is 23.1 Å². The number of hydrogen-bond acceptors (Lipinski definition) is 1. The minimum absolute atomic E-state index is 0.0244. The smallest absolute Gasteiger partial charge is 0.0717 e. The molecule has 0 spiro atoms. The maximum atomic E-state index is 6.37. The van der Waals surface area contributed by atoms with Crippen LogP contribution in [0.25, 0.3) is 11.3 Å². The molecule has 0 aliphatic carbocycles. The number of nitrogens with zero attached hydrogens (tertiary/aromatic N) is 1. The molecule has 1 heterocycles. The normalized spacial score (nSPS) is 11.6. The quantitative estimate of drug-likeness (QED) is 0.685. The third kappa shape index (κ3) is 2.52. The molecular weight excluding hydrogens is 265 g/mol. The molecule has 18 heavy (non-hydrogen) atoms. The van der Waals surface area contributed by atoms with Crippen LogP contribution in [0.2, 0.25) is 10.0 Å². The molecule has 2 aromatic rings. The second kappa shape index (κ2) is 4.91. The standard InChI is InChI=1S/C15H15Cl2N/c1-15(2,3)11-8-7-10(13(16)14(11)17)12-6-4-5-9-18-12/h4-9H,1-3H3. The predicted octanol–water partition coefficient (Wildman–Crippen LogP) is 5.35. The highest BCUT2D eigenvalue weighted by Gasteiger charge is 2.21. The lowest BCUT2D eigenvalue weighted by Crippen LogP contribution is -2.12. The van der Waals surface area contributed by atoms with Gasteiger partial charge in [0.25, 0.3) is 0 Å². The molecule has 0 saturated carbocycles. The van der Waals surface area contributed by atoms with Crippen LogP contribution in [-0.2, 0) is 5.41 Å². The van der Waals surface area contributed by atoms with Crippen LogP contribution in [-0.4, -0.2) is 4.98 Å². The van der Waals surface area contributed by atoms with E-state index in [1.54, 1.807) is 6.20 Å². The molecule has 0 radical (unpaired) electrons. The average molecular weight is 280 g/mol. The topological polar surface area (TPSA) is 12.9 Å². The average Bonchev–Trinajstić information content (AvgIpc) is 2.32. The van der Waals surface area contributed by atoms with Crippen LogP contribution < -0.4 is 0 Å². The van der Waals surface area contributed by atoms with E-state index in [9.17, 15) is 0 Å². The molecule has 0 aliphatic rings. The van der Waals surface area contributed by atoms with Gasteiger partial charge in [0.05, 0.1) is 15.7 Å². The zero-order valence-electron chi connectivity index (χ0n) is 10.7. The van der Waals surface area contributed by atoms with Crippen molar-refractivity contribution in [3.8, 4) is 11.3 Å². The molecule has 0 saturated heterocycles. The van der Waals surface area contributed by atoms with Gasteiger partial charge in [0, 0.05) is 11.8 Å². The van der Waals surface area contributed by atoms with Crippen molar-refractivity contribution in [3.05, 3.63) is 52.1 Å². The summed E-state index contributed by atoms with van der Waals surface area (Å²) in [7, 11) is 0. The Balaban J connectivity index is 2.58. The summed E-state index contributed by atoms with van der Waals surface area (Å²) in [4.78, 5) is 4.30. The Hall–Kier alpha value is -1.05. The summed E-state index contributed by atoms with van der Waals surface area (Å²) in [5.41, 5.74) is 2.73. The van der Waals surface area contributed by atoms with Crippen LogP contribution in [0.1, 0.15) is 26.3 Å². The molecule has 1 aromatic carbocycles. The summed E-state index contributed by atoms with van der Waals surface area (Å²) < 4.78 is 0. The first-order valence-electron chi connectivity index (χ1n) is 5.81. The second-order valence-electron chi connectivity index (χ2n) is 5.25. The highest BCUT2D eigenvalue weighted by Crippen LogP contribution is 2.39. The third-order valence-corrected chi connectivity index (χ3v) is 3.71. The highest BCUT2D eigenvalue weighted by molar-refractivity contribution is 6.44. The van der Waals surface area contributed by atoms with E-state index in [0.29, 0.717) is 10.0 Å². The highest BCUT2D eigenvalue weighted by atomic mass is 35.5. The Bertz CT molecular complexity index is 557. The third-order valence-electron chi connectivity index (χ3n) is 2.83. The predicted molar refractivity (Wildman–Crippen MR) is 78.4 cm³/mol. The minimum Gasteiger partial charge on any atom is -0.256 e. The lowest BCUT2D eigenvalue weighted by molar-refractivity contribution is 0.590. The summed E-state index contributed by atoms with van der Waals surface area (Å²) in [6.07, 6.45) is 1.75. The van der Waals surface area contributed by atoms with Crippen molar-refractivity contribution in [1.82, 2.24) is 4.98 Å². The molecular formula is C15H15Cl2N. The SMILES string of the molecule is CC(C)(C)c1ccc(-c2ccccn2)c(Cl)c1Cl. The van der Waals surface area contributed by atoms with Gasteiger partial charge in [-0.2, -0.15) is 0 Å². The molecule has 0 atom stereocenters. The summed E-state index contributed by atoms with van der Waals surface area (Å²) in [6.45, 7) is 6.35. The maximum Gasteiger partial charge on any atom is 0.0717 e. The number of rotatable bonds is 1. The first-order chi connectivity index (χ1) is 8.41. The largest absolute Gasteiger partial charge is 0.256 e. The van der Waals surface area contributed by atoms with Crippen molar-refractivity contribution in [3.63, 3.8) is 0 Å². The van der Waals surface area contributed by atoms with Crippen LogP contribution in [0.15, 0.2) is 36.5 Å². The molecule has 0 bridgehead atoms. The van der Waals surface area contributed by atoms with Crippen LogP contribution in [0.3, 0.4) is 0 Å². The molecule has 94 valence electrons. The van der Waals surface area contributed by atoms with Gasteiger partial charge in [-0.3, -0.25) is 4.98 Å². The summed E-state index contributed by atoms with van der Waals surface area (Å²) in [5.74, 6) is 0. The maximum absolute atomic E-state index is 6.37. The van der Waals surface area contributed by atoms with Gasteiger partial charge in [0.1, 0.15) is 0 Å². The molecule has 0 fully saturated rings. The van der Waals surface area contributed by atoms with E-state index in [0.717, 1.165) is 16.8 Å². The molecule has 0 amide bonds. The van der Waals surface area contributed by atoms with Crippen molar-refractivity contribution in [2.45, 2.75) is 26.2 Å². The van der Waals surface area contributed by atoms with Crippen molar-refractivity contribution < 1.29 is 0 Å². The van der Waals surface area contributed by atoms with Crippen LogP contribution in [0.5, 0.6) is 0 Å². The van der Waals surface area contributed by atoms with Crippen LogP contribution in [0.4, 0.5) is 0 Å². The summed E-state index contributed by atoms with van der Waals surface area (Å²) in [6, 6.07) is 9.75. The molecule has 0 N–H and O–H groups in total. The fourth-order valence-corrected chi connectivity index (χ4v) is 2.56. The van der Waals surface area contributed by atoms with Crippen molar-refractivity contribution in [2.75, 3.05) is 0 Å². The van der Waals surface area contributed by atoms with Gasteiger partial charge in [0.2, 0.25) is 0 Å². The number of pyridine rings is 1. The number of aromatic nitrogens is 1. The first kappa shape index (κ1) is 13.4. The van der Waals surface area contributed by atoms with E-state index in [1.807, 2.05) is 30.3 Å². The zero-order chi connectivity index (χ0) is 13.3. The van der Waals surface area contributed by atoms with Gasteiger partial charge in [-0.15, -0.1) is 0 Å². The van der Waals surface area contributed by atoms with Crippen LogP contribution >= 0.6 is 23.2 Å². The van der Waals surface area contributed by atoms with E-state index < -0.39 is 0 Å². The molecule has 2 rings (SSSR count). The molecule has 1 aromatic heterocycles. The Morgan fingerprint density at radius 3 is 2.22 bits per heavy atom. The van der Waals surface area contributed by atoms with Crippen molar-refractivity contribution >= 4 is 23.2 Å². The van der Waals surface area contributed by atoms with Crippen LogP contribution in [0, 0.1) is 0 Å². The van der Waals surface area contributed by atoms with E-state index in [2.05, 4.69) is 25.8 Å². The molecule has 3 heteroatoms. The number of hydrogen-bond donors (Lipinski definition) is 0. The summed E-state index contributed by atoms with van der Waals surface area (Å²) >= 11 is 12.7. The second-order valence-corrected chi connectivity index (χ2v) is 6.01. The Morgan fingerprint density at radius 1 is 0.944 bits per heavy atom. The van der Waals surface area contributed by atoms with Gasteiger partial charge in [0.15, 0.2) is 0 Å². The Kier molecular flexibility index (Phi) is 3.65. The zero-order valence-corrected chi connectivity index (χ0v) is 12.2. The van der Waals surface area contributed by atoms with Crippen molar-refractivity contribution in [2.24, 2.45) is 0 Å². The Morgan fingerprint density at radius 2 is 1.67 bits per heavy atom. The van der Waals surface area contributed by atoms with E-state index in [4.69, 9.17) is 23.2 Å². The summed E-state index contributed by atoms with van der Waals surface area (Å²) in [5, 5.41) is 1.19. The van der Waals surface area contributed by atoms with Gasteiger partial charge in [-0.25, -0.2) is 0 Å². The van der Waals surface area contributed by atoms with E-state index in [-0.39, 0.29) is 5.41 Å². The lowest BCUT2D eigenvalue weighted by atomic mass is 9.86. The monoisotopic (exact) mass is 279 g/mol. The van der Waals surface area contributed by atoms with E-state index >= 15 is 0 Å². The van der Waals surface area contributed by atoms with Gasteiger partial charge >= 0.3 is 0 Å². The first-order valence-corrected chi connectivity index (χ1v) is 6.57. The van der Waals surface area contributed by atoms with Gasteiger partial charge < -0.3 is 0 Å². The molecule has 0 aliphatic heterocycles. The number of benzene rings is 1. The van der Waals surface area contributed by atoms with Gasteiger partial charge in [-0.1, -0.05) is 62.2 Å². The minimum atomic E-state index is -0.0244. The fraction of sp³-hybridized carbons (Fsp3) is 0.267. The lowest BCUT2D eigenvalue weighted by Gasteiger charge is -2.22. The molecule has 1 nitrogen and oxygen atoms in total. The van der Waals surface area contributed by atoms with E-state index in [1.165, 1.54) is 0 Å². The number of halogens is 2. The Labute approximate surface area is 118 Å². The fourth-order valence-electron chi connectivity index (χ4n) is 1.85. The molecule has 0 unspecified atom stereocenters.